The van der Waals surface area contributed by atoms with Crippen LogP contribution < -0.4 is 5.32 Å². The van der Waals surface area contributed by atoms with E-state index in [0.717, 1.165) is 17.5 Å². The molecule has 4 fully saturated rings. The summed E-state index contributed by atoms with van der Waals surface area (Å²) < 4.78 is 16.7. The van der Waals surface area contributed by atoms with Crippen LogP contribution in [0.1, 0.15) is 30.4 Å². The number of esters is 1. The van der Waals surface area contributed by atoms with Crippen molar-refractivity contribution in [3.8, 4) is 0 Å². The lowest BCUT2D eigenvalue weighted by Gasteiger charge is -2.52. The monoisotopic (exact) mass is 423 g/mol. The summed E-state index contributed by atoms with van der Waals surface area (Å²) in [6.45, 7) is 0.115. The first kappa shape index (κ1) is 20.0. The minimum atomic E-state index is -1.60. The van der Waals surface area contributed by atoms with Crippen LogP contribution in [0.15, 0.2) is 60.7 Å². The van der Waals surface area contributed by atoms with Crippen LogP contribution in [0.4, 0.5) is 4.79 Å². The Morgan fingerprint density at radius 2 is 1.61 bits per heavy atom. The molecule has 4 aliphatic rings. The number of hydrogen-bond donors (Lipinski definition) is 2. The maximum absolute atomic E-state index is 13.4. The first-order chi connectivity index (χ1) is 15.0. The molecule has 1 amide bonds. The molecule has 0 radical (unpaired) electrons. The second kappa shape index (κ2) is 7.66. The Labute approximate surface area is 180 Å². The van der Waals surface area contributed by atoms with Gasteiger partial charge in [0.15, 0.2) is 5.54 Å². The summed E-state index contributed by atoms with van der Waals surface area (Å²) in [6, 6.07) is 18.6. The molecule has 1 heterocycles. The molecule has 5 atom stereocenters. The third-order valence-electron chi connectivity index (χ3n) is 6.75. The molecule has 1 saturated heterocycles. The standard InChI is InChI=1S/C24H25NO6/c26-21(29-14-16-7-3-1-4-8-16)23(13-18-11-12-24(23,28)20-19(18)31-20)25-22(27)30-15-17-9-5-2-6-10-17/h1-10,18-20,28H,11-15H2,(H,25,27)/t18-,19-,20-,23-,24+/m1/s1. The average Bonchev–Trinajstić information content (AvgIpc) is 3.62. The third-order valence-corrected chi connectivity index (χ3v) is 6.75. The van der Waals surface area contributed by atoms with E-state index in [9.17, 15) is 14.7 Å². The van der Waals surface area contributed by atoms with E-state index in [4.69, 9.17) is 14.2 Å². The maximum Gasteiger partial charge on any atom is 0.408 e. The quantitative estimate of drug-likeness (QED) is 0.548. The van der Waals surface area contributed by atoms with Gasteiger partial charge >= 0.3 is 12.1 Å². The van der Waals surface area contributed by atoms with Crippen molar-refractivity contribution in [1.82, 2.24) is 5.32 Å². The van der Waals surface area contributed by atoms with Crippen molar-refractivity contribution in [2.24, 2.45) is 5.92 Å². The molecule has 2 bridgehead atoms. The van der Waals surface area contributed by atoms with E-state index < -0.39 is 29.3 Å². The van der Waals surface area contributed by atoms with E-state index in [1.807, 2.05) is 60.7 Å². The smallest absolute Gasteiger partial charge is 0.408 e. The molecule has 6 rings (SSSR count). The zero-order chi connectivity index (χ0) is 21.5. The highest BCUT2D eigenvalue weighted by Gasteiger charge is 2.76. The van der Waals surface area contributed by atoms with E-state index in [1.54, 1.807) is 0 Å². The maximum atomic E-state index is 13.4. The van der Waals surface area contributed by atoms with Crippen LogP contribution >= 0.6 is 0 Å². The van der Waals surface area contributed by atoms with Crippen molar-refractivity contribution in [2.75, 3.05) is 0 Å². The van der Waals surface area contributed by atoms with Gasteiger partial charge in [-0.2, -0.15) is 0 Å². The fourth-order valence-electron chi connectivity index (χ4n) is 5.07. The Kier molecular flexibility index (Phi) is 4.95. The van der Waals surface area contributed by atoms with E-state index in [1.165, 1.54) is 0 Å². The Bertz CT molecular complexity index is 967. The number of fused-ring (bicyclic) bond motifs is 2. The highest BCUT2D eigenvalue weighted by atomic mass is 16.6. The van der Waals surface area contributed by atoms with Crippen molar-refractivity contribution in [2.45, 2.75) is 55.8 Å². The highest BCUT2D eigenvalue weighted by molar-refractivity contribution is 5.88. The summed E-state index contributed by atoms with van der Waals surface area (Å²) in [5.41, 5.74) is -1.47. The topological polar surface area (TPSA) is 97.4 Å². The predicted molar refractivity (Wildman–Crippen MR) is 110 cm³/mol. The average molecular weight is 423 g/mol. The van der Waals surface area contributed by atoms with Crippen LogP contribution in [0.2, 0.25) is 0 Å². The minimum absolute atomic E-state index is 0.0534. The second-order valence-corrected chi connectivity index (χ2v) is 8.60. The second-order valence-electron chi connectivity index (χ2n) is 8.60. The summed E-state index contributed by atoms with van der Waals surface area (Å²) in [5.74, 6) is -0.577. The molecule has 2 aromatic carbocycles. The fourth-order valence-corrected chi connectivity index (χ4v) is 5.07. The lowest BCUT2D eigenvalue weighted by molar-refractivity contribution is -0.181. The lowest BCUT2D eigenvalue weighted by atomic mass is 9.57. The SMILES string of the molecule is O=C(N[C@@]1(C(=O)OCc2ccccc2)C[C@H]2CC[C@]1(O)[C@@H]1O[C@H]21)OCc1ccccc1. The van der Waals surface area contributed by atoms with E-state index in [2.05, 4.69) is 5.32 Å². The predicted octanol–water partition coefficient (Wildman–Crippen LogP) is 2.71. The summed E-state index contributed by atoms with van der Waals surface area (Å²) >= 11 is 0. The molecule has 2 aromatic rings. The number of carbonyl (C=O) groups is 2. The molecule has 0 aromatic heterocycles. The Balaban J connectivity index is 1.35. The number of amides is 1. The number of alkyl carbamates (subject to hydrolysis) is 1. The van der Waals surface area contributed by atoms with Gasteiger partial charge in [0.25, 0.3) is 0 Å². The Hall–Kier alpha value is -2.90. The van der Waals surface area contributed by atoms with Crippen LogP contribution in [0, 0.1) is 5.92 Å². The van der Waals surface area contributed by atoms with Crippen LogP contribution in [-0.4, -0.2) is 40.5 Å². The third kappa shape index (κ3) is 3.47. The van der Waals surface area contributed by atoms with Gasteiger partial charge in [0, 0.05) is 0 Å². The molecular weight excluding hydrogens is 398 g/mol. The molecule has 7 heteroatoms. The van der Waals surface area contributed by atoms with Crippen LogP contribution in [0.5, 0.6) is 0 Å². The number of hydrogen-bond acceptors (Lipinski definition) is 6. The number of carbonyl (C=O) groups excluding carboxylic acids is 2. The van der Waals surface area contributed by atoms with Crippen molar-refractivity contribution < 1.29 is 28.9 Å². The van der Waals surface area contributed by atoms with E-state index in [0.29, 0.717) is 6.42 Å². The van der Waals surface area contributed by atoms with Crippen molar-refractivity contribution in [1.29, 1.82) is 0 Å². The van der Waals surface area contributed by atoms with Crippen LogP contribution in [0.25, 0.3) is 0 Å². The van der Waals surface area contributed by atoms with Gasteiger partial charge < -0.3 is 24.6 Å². The van der Waals surface area contributed by atoms with Gasteiger partial charge in [-0.1, -0.05) is 60.7 Å². The number of benzene rings is 2. The first-order valence-electron chi connectivity index (χ1n) is 10.6. The molecule has 0 unspecified atom stereocenters. The fraction of sp³-hybridized carbons (Fsp3) is 0.417. The number of nitrogens with one attached hydrogen (secondary N) is 1. The summed E-state index contributed by atoms with van der Waals surface area (Å²) in [7, 11) is 0. The van der Waals surface area contributed by atoms with Gasteiger partial charge in [-0.3, -0.25) is 0 Å². The zero-order valence-corrected chi connectivity index (χ0v) is 17.0. The van der Waals surface area contributed by atoms with Gasteiger partial charge in [0.1, 0.15) is 24.9 Å². The molecule has 162 valence electrons. The van der Waals surface area contributed by atoms with Crippen LogP contribution in [0.3, 0.4) is 0 Å². The number of epoxide rings is 1. The van der Waals surface area contributed by atoms with E-state index >= 15 is 0 Å². The summed E-state index contributed by atoms with van der Waals surface area (Å²) in [4.78, 5) is 26.1. The molecule has 3 saturated carbocycles. The van der Waals surface area contributed by atoms with Crippen molar-refractivity contribution in [3.05, 3.63) is 71.8 Å². The molecule has 0 spiro atoms. The zero-order valence-electron chi connectivity index (χ0n) is 17.0. The van der Waals surface area contributed by atoms with Crippen molar-refractivity contribution >= 4 is 12.1 Å². The molecule has 1 aliphatic heterocycles. The summed E-state index contributed by atoms with van der Waals surface area (Å²) in [6.07, 6.45) is 0.0663. The number of aliphatic hydroxyl groups is 1. The lowest BCUT2D eigenvalue weighted by Crippen LogP contribution is -2.76. The molecule has 2 N–H and O–H groups in total. The molecule has 7 nitrogen and oxygen atoms in total. The largest absolute Gasteiger partial charge is 0.459 e. The Morgan fingerprint density at radius 1 is 1.00 bits per heavy atom. The molecule has 31 heavy (non-hydrogen) atoms. The Morgan fingerprint density at radius 3 is 2.26 bits per heavy atom. The first-order valence-corrected chi connectivity index (χ1v) is 10.6. The molecular formula is C24H25NO6. The van der Waals surface area contributed by atoms with Gasteiger partial charge in [-0.05, 0) is 36.3 Å². The van der Waals surface area contributed by atoms with Crippen LogP contribution in [-0.2, 0) is 32.2 Å². The van der Waals surface area contributed by atoms with E-state index in [-0.39, 0.29) is 31.7 Å². The summed E-state index contributed by atoms with van der Waals surface area (Å²) in [5, 5.41) is 14.2. The van der Waals surface area contributed by atoms with Crippen molar-refractivity contribution in [3.63, 3.8) is 0 Å². The normalized spacial score (nSPS) is 32.6. The van der Waals surface area contributed by atoms with Gasteiger partial charge in [-0.25, -0.2) is 9.59 Å². The minimum Gasteiger partial charge on any atom is -0.459 e. The highest BCUT2D eigenvalue weighted by Crippen LogP contribution is 2.59. The van der Waals surface area contributed by atoms with Gasteiger partial charge in [0.2, 0.25) is 0 Å². The number of rotatable bonds is 6. The molecule has 3 aliphatic carbocycles. The number of ether oxygens (including phenoxy) is 3. The van der Waals surface area contributed by atoms with Gasteiger partial charge in [-0.15, -0.1) is 0 Å². The van der Waals surface area contributed by atoms with Gasteiger partial charge in [0.05, 0.1) is 6.10 Å².